The Bertz CT molecular complexity index is 749. The molecule has 0 saturated carbocycles. The number of carbonyl (C=O) groups excluding carboxylic acids is 2. The van der Waals surface area contributed by atoms with E-state index < -0.39 is 6.04 Å². The van der Waals surface area contributed by atoms with Crippen LogP contribution in [0.1, 0.15) is 24.3 Å². The highest BCUT2D eigenvalue weighted by atomic mass is 16.2. The summed E-state index contributed by atoms with van der Waals surface area (Å²) in [6, 6.07) is 13.4. The highest BCUT2D eigenvalue weighted by Gasteiger charge is 2.36. The minimum Gasteiger partial charge on any atom is -0.353 e. The molecule has 3 rings (SSSR count). The number of carbonyl (C=O) groups is 2. The van der Waals surface area contributed by atoms with Gasteiger partial charge in [0, 0.05) is 25.8 Å². The molecule has 1 aliphatic rings. The third-order valence-electron chi connectivity index (χ3n) is 4.56. The van der Waals surface area contributed by atoms with Crippen molar-refractivity contribution in [1.82, 2.24) is 14.8 Å². The topological polar surface area (TPSA) is 54.3 Å². The van der Waals surface area contributed by atoms with Crippen LogP contribution in [0.3, 0.4) is 0 Å². The van der Waals surface area contributed by atoms with Crippen LogP contribution in [0.4, 0.5) is 0 Å². The van der Waals surface area contributed by atoms with Gasteiger partial charge in [0.15, 0.2) is 0 Å². The summed E-state index contributed by atoms with van der Waals surface area (Å²) in [4.78, 5) is 26.9. The van der Waals surface area contributed by atoms with E-state index in [0.717, 1.165) is 11.3 Å². The van der Waals surface area contributed by atoms with Crippen LogP contribution in [-0.4, -0.2) is 40.4 Å². The normalized spacial score (nSPS) is 17.9. The Hall–Kier alpha value is -2.56. The van der Waals surface area contributed by atoms with Gasteiger partial charge in [0.25, 0.3) is 5.91 Å². The first-order valence-electron chi connectivity index (χ1n) is 8.30. The molecule has 126 valence electrons. The van der Waals surface area contributed by atoms with Gasteiger partial charge in [0.1, 0.15) is 11.7 Å². The first-order valence-corrected chi connectivity index (χ1v) is 8.30. The van der Waals surface area contributed by atoms with Gasteiger partial charge in [-0.15, -0.1) is 0 Å². The lowest BCUT2D eigenvalue weighted by molar-refractivity contribution is -0.129. The number of hydrogen-bond acceptors (Lipinski definition) is 2. The monoisotopic (exact) mass is 325 g/mol. The van der Waals surface area contributed by atoms with Crippen molar-refractivity contribution in [2.75, 3.05) is 13.1 Å². The number of amides is 2. The number of nitrogens with one attached hydrogen (secondary N) is 1. The molecule has 1 atom stereocenters. The number of aromatic nitrogens is 1. The zero-order valence-corrected chi connectivity index (χ0v) is 14.3. The van der Waals surface area contributed by atoms with E-state index in [0.29, 0.717) is 18.8 Å². The van der Waals surface area contributed by atoms with E-state index in [1.54, 1.807) is 4.90 Å². The maximum absolute atomic E-state index is 13.1. The Kier molecular flexibility index (Phi) is 4.42. The molecule has 1 unspecified atom stereocenters. The van der Waals surface area contributed by atoms with Gasteiger partial charge in [0.05, 0.1) is 0 Å². The van der Waals surface area contributed by atoms with E-state index in [4.69, 9.17) is 0 Å². The predicted molar refractivity (Wildman–Crippen MR) is 93.5 cm³/mol. The highest BCUT2D eigenvalue weighted by Crippen LogP contribution is 2.24. The third-order valence-corrected chi connectivity index (χ3v) is 4.56. The van der Waals surface area contributed by atoms with Crippen LogP contribution in [0.5, 0.6) is 0 Å². The van der Waals surface area contributed by atoms with E-state index >= 15 is 0 Å². The molecule has 1 aromatic heterocycles. The lowest BCUT2D eigenvalue weighted by Gasteiger charge is -2.37. The van der Waals surface area contributed by atoms with Crippen LogP contribution in [0.2, 0.25) is 0 Å². The van der Waals surface area contributed by atoms with E-state index in [1.165, 1.54) is 0 Å². The molecule has 1 N–H and O–H groups in total. The summed E-state index contributed by atoms with van der Waals surface area (Å²) >= 11 is 0. The van der Waals surface area contributed by atoms with Crippen molar-refractivity contribution in [3.8, 4) is 11.3 Å². The highest BCUT2D eigenvalue weighted by molar-refractivity contribution is 5.98. The van der Waals surface area contributed by atoms with Crippen LogP contribution < -0.4 is 5.32 Å². The summed E-state index contributed by atoms with van der Waals surface area (Å²) in [6.07, 6.45) is 0. The fourth-order valence-electron chi connectivity index (χ4n) is 3.35. The van der Waals surface area contributed by atoms with Crippen LogP contribution >= 0.6 is 0 Å². The van der Waals surface area contributed by atoms with E-state index in [1.807, 2.05) is 67.9 Å². The molecule has 2 aromatic rings. The van der Waals surface area contributed by atoms with Gasteiger partial charge in [-0.25, -0.2) is 0 Å². The van der Waals surface area contributed by atoms with Crippen LogP contribution in [-0.2, 0) is 11.8 Å². The van der Waals surface area contributed by atoms with Crippen LogP contribution in [0, 0.1) is 5.92 Å². The molecule has 1 saturated heterocycles. The largest absolute Gasteiger partial charge is 0.353 e. The summed E-state index contributed by atoms with van der Waals surface area (Å²) in [5, 5.41) is 2.86. The zero-order valence-electron chi connectivity index (χ0n) is 14.3. The summed E-state index contributed by atoms with van der Waals surface area (Å²) in [6.45, 7) is 4.98. The lowest BCUT2D eigenvalue weighted by atomic mass is 9.99. The van der Waals surface area contributed by atoms with E-state index in [-0.39, 0.29) is 17.7 Å². The molecule has 0 aliphatic carbocycles. The van der Waals surface area contributed by atoms with Gasteiger partial charge in [-0.1, -0.05) is 44.2 Å². The van der Waals surface area contributed by atoms with Crippen molar-refractivity contribution >= 4 is 11.8 Å². The smallest absolute Gasteiger partial charge is 0.271 e. The van der Waals surface area contributed by atoms with E-state index in [2.05, 4.69) is 5.32 Å². The van der Waals surface area contributed by atoms with Crippen molar-refractivity contribution < 1.29 is 9.59 Å². The molecular formula is C19H23N3O2. The van der Waals surface area contributed by atoms with Gasteiger partial charge in [-0.2, -0.15) is 0 Å². The fourth-order valence-corrected chi connectivity index (χ4v) is 3.35. The predicted octanol–water partition coefficient (Wildman–Crippen LogP) is 2.29. The lowest BCUT2D eigenvalue weighted by Crippen LogP contribution is -2.59. The second kappa shape index (κ2) is 6.51. The first-order chi connectivity index (χ1) is 11.5. The minimum absolute atomic E-state index is 0.0675. The molecule has 1 aromatic carbocycles. The van der Waals surface area contributed by atoms with Crippen LogP contribution in [0.25, 0.3) is 11.3 Å². The quantitative estimate of drug-likeness (QED) is 0.941. The van der Waals surface area contributed by atoms with Gasteiger partial charge in [0.2, 0.25) is 5.91 Å². The van der Waals surface area contributed by atoms with Crippen molar-refractivity contribution in [1.29, 1.82) is 0 Å². The Balaban J connectivity index is 1.93. The fraction of sp³-hybridized carbons (Fsp3) is 0.368. The number of nitrogens with zero attached hydrogens (tertiary/aromatic N) is 2. The SMILES string of the molecule is CC(C)C1C(=O)NCCN1C(=O)c1ccc(-c2ccccc2)n1C. The Morgan fingerprint density at radius 2 is 1.88 bits per heavy atom. The maximum Gasteiger partial charge on any atom is 0.271 e. The van der Waals surface area contributed by atoms with Crippen molar-refractivity contribution in [3.05, 3.63) is 48.2 Å². The number of piperazine rings is 1. The average Bonchev–Trinajstić information content (AvgIpc) is 2.96. The van der Waals surface area contributed by atoms with Gasteiger partial charge in [-0.05, 0) is 23.6 Å². The molecule has 5 heteroatoms. The molecule has 0 spiro atoms. The van der Waals surface area contributed by atoms with E-state index in [9.17, 15) is 9.59 Å². The Labute approximate surface area is 142 Å². The number of rotatable bonds is 3. The first kappa shape index (κ1) is 16.3. The molecule has 2 amide bonds. The average molecular weight is 325 g/mol. The molecule has 1 fully saturated rings. The Morgan fingerprint density at radius 1 is 1.17 bits per heavy atom. The summed E-state index contributed by atoms with van der Waals surface area (Å²) in [5.74, 6) is -0.0848. The third kappa shape index (κ3) is 2.82. The number of hydrogen-bond donors (Lipinski definition) is 1. The maximum atomic E-state index is 13.1. The Morgan fingerprint density at radius 3 is 2.54 bits per heavy atom. The molecule has 24 heavy (non-hydrogen) atoms. The molecule has 0 radical (unpaired) electrons. The molecule has 2 heterocycles. The molecular weight excluding hydrogens is 302 g/mol. The number of benzene rings is 1. The van der Waals surface area contributed by atoms with Crippen molar-refractivity contribution in [2.24, 2.45) is 13.0 Å². The summed E-state index contributed by atoms with van der Waals surface area (Å²) < 4.78 is 1.90. The van der Waals surface area contributed by atoms with Crippen LogP contribution in [0.15, 0.2) is 42.5 Å². The summed E-state index contributed by atoms with van der Waals surface area (Å²) in [5.41, 5.74) is 2.66. The summed E-state index contributed by atoms with van der Waals surface area (Å²) in [7, 11) is 1.89. The van der Waals surface area contributed by atoms with Crippen molar-refractivity contribution in [2.45, 2.75) is 19.9 Å². The second-order valence-electron chi connectivity index (χ2n) is 6.51. The standard InChI is InChI=1S/C19H23N3O2/c1-13(2)17-18(23)20-11-12-22(17)19(24)16-10-9-15(21(16)3)14-7-5-4-6-8-14/h4-10,13,17H,11-12H2,1-3H3,(H,20,23). The minimum atomic E-state index is -0.415. The van der Waals surface area contributed by atoms with Gasteiger partial charge >= 0.3 is 0 Å². The molecule has 1 aliphatic heterocycles. The van der Waals surface area contributed by atoms with Gasteiger partial charge in [-0.3, -0.25) is 9.59 Å². The van der Waals surface area contributed by atoms with Gasteiger partial charge < -0.3 is 14.8 Å². The zero-order chi connectivity index (χ0) is 17.3. The second-order valence-corrected chi connectivity index (χ2v) is 6.51. The molecule has 5 nitrogen and oxygen atoms in total. The molecule has 0 bridgehead atoms. The van der Waals surface area contributed by atoms with Crippen molar-refractivity contribution in [3.63, 3.8) is 0 Å².